The van der Waals surface area contributed by atoms with Crippen molar-refractivity contribution in [1.29, 1.82) is 0 Å². The first-order valence-corrected chi connectivity index (χ1v) is 27.3. The number of ether oxygens (including phenoxy) is 8. The topological polar surface area (TPSA) is 128 Å². The third-order valence-corrected chi connectivity index (χ3v) is 11.8. The summed E-state index contributed by atoms with van der Waals surface area (Å²) < 4.78 is 46.9. The number of hydrogen-bond acceptors (Lipinski definition) is 12. The van der Waals surface area contributed by atoms with Crippen molar-refractivity contribution in [3.05, 3.63) is 83.5 Å². The second-order valence-corrected chi connectivity index (χ2v) is 18.3. The van der Waals surface area contributed by atoms with Crippen LogP contribution in [-0.2, 0) is 67.3 Å². The highest BCUT2D eigenvalue weighted by Gasteiger charge is 2.21. The Labute approximate surface area is 424 Å². The lowest BCUT2D eigenvalue weighted by Gasteiger charge is -2.31. The Bertz CT molecular complexity index is 1450. The van der Waals surface area contributed by atoms with Crippen LogP contribution in [0.4, 0.5) is 4.79 Å². The molecule has 0 amide bonds. The number of esters is 2. The van der Waals surface area contributed by atoms with Crippen molar-refractivity contribution in [2.24, 2.45) is 5.92 Å². The third kappa shape index (κ3) is 34.5. The third-order valence-electron chi connectivity index (χ3n) is 11.8. The zero-order valence-corrected chi connectivity index (χ0v) is 44.4. The zero-order chi connectivity index (χ0) is 50.5. The summed E-state index contributed by atoms with van der Waals surface area (Å²) in [5, 5.41) is 0. The molecule has 1 saturated heterocycles. The number of hydrogen-bond donors (Lipinski definition) is 0. The molecule has 2 rings (SSSR count). The minimum atomic E-state index is -0.739. The highest BCUT2D eigenvalue weighted by Crippen LogP contribution is 2.19. The molecule has 70 heavy (non-hydrogen) atoms. The van der Waals surface area contributed by atoms with Gasteiger partial charge in [0.25, 0.3) is 0 Å². The Morgan fingerprint density at radius 3 is 1.27 bits per heavy atom. The molecular formula is C58H95NO11. The van der Waals surface area contributed by atoms with Gasteiger partial charge in [-0.05, 0) is 112 Å². The SMILES string of the molecule is CCCC/C=C\CCOC(CCC(=O)OCc1cc(COC(=O)CCC(OCC/C=C\CCCC)OCC/C=C\CCCC)cc(COC(=O)OCC2CCCN(CC)C2)c1)OCC/C=C\CCCC. The lowest BCUT2D eigenvalue weighted by atomic mass is 9.99. The molecule has 1 aromatic carbocycles. The fourth-order valence-corrected chi connectivity index (χ4v) is 7.71. The smallest absolute Gasteiger partial charge is 0.461 e. The van der Waals surface area contributed by atoms with E-state index in [2.05, 4.69) is 88.1 Å². The molecule has 0 N–H and O–H groups in total. The molecule has 0 saturated carbocycles. The highest BCUT2D eigenvalue weighted by molar-refractivity contribution is 5.69. The largest absolute Gasteiger partial charge is 0.508 e. The van der Waals surface area contributed by atoms with E-state index in [0.29, 0.717) is 62.6 Å². The van der Waals surface area contributed by atoms with Crippen molar-refractivity contribution >= 4 is 18.1 Å². The summed E-state index contributed by atoms with van der Waals surface area (Å²) >= 11 is 0. The maximum absolute atomic E-state index is 13.2. The van der Waals surface area contributed by atoms with Crippen LogP contribution < -0.4 is 0 Å². The van der Waals surface area contributed by atoms with Crippen molar-refractivity contribution < 1.29 is 52.3 Å². The molecule has 0 spiro atoms. The van der Waals surface area contributed by atoms with Crippen LogP contribution in [-0.4, -0.2) is 88.2 Å². The van der Waals surface area contributed by atoms with Crippen LogP contribution in [0.5, 0.6) is 0 Å². The van der Waals surface area contributed by atoms with E-state index in [9.17, 15) is 14.4 Å². The Hall–Kier alpha value is -3.81. The average Bonchev–Trinajstić information content (AvgIpc) is 3.37. The predicted octanol–water partition coefficient (Wildman–Crippen LogP) is 14.0. The first kappa shape index (κ1) is 62.3. The van der Waals surface area contributed by atoms with E-state index in [-0.39, 0.29) is 38.6 Å². The maximum Gasteiger partial charge on any atom is 0.508 e. The van der Waals surface area contributed by atoms with Gasteiger partial charge in [0.05, 0.1) is 45.9 Å². The number of carbonyl (C=O) groups is 3. The Morgan fingerprint density at radius 1 is 0.529 bits per heavy atom. The van der Waals surface area contributed by atoms with Crippen molar-refractivity contribution in [3.63, 3.8) is 0 Å². The van der Waals surface area contributed by atoms with Crippen molar-refractivity contribution in [1.82, 2.24) is 4.90 Å². The standard InChI is InChI=1S/C58H95NO11/c1-6-11-15-19-23-27-38-63-56(64-39-28-24-20-16-12-7-2)35-33-54(60)67-47-51-42-52(44-53(43-51)49-70-58(62)69-46-50-32-31-37-59(10-5)45-50)48-68-55(61)34-36-57(65-40-29-25-21-17-13-8-3)66-41-30-26-22-18-14-9-4/h19-26,42-44,50,56-57H,6-18,27-41,45-49H2,1-5H3/b23-19-,24-20-,25-21-,26-22-. The van der Waals surface area contributed by atoms with Crippen molar-refractivity contribution in [2.45, 2.75) is 208 Å². The molecule has 12 heteroatoms. The van der Waals surface area contributed by atoms with Crippen molar-refractivity contribution in [2.75, 3.05) is 52.7 Å². The number of unbranched alkanes of at least 4 members (excludes halogenated alkanes) is 8. The minimum absolute atomic E-state index is 0.0247. The molecular weight excluding hydrogens is 887 g/mol. The number of nitrogens with zero attached hydrogens (tertiary/aromatic N) is 1. The van der Waals surface area contributed by atoms with E-state index in [4.69, 9.17) is 37.9 Å². The summed E-state index contributed by atoms with van der Waals surface area (Å²) in [5.41, 5.74) is 1.98. The minimum Gasteiger partial charge on any atom is -0.461 e. The van der Waals surface area contributed by atoms with Crippen LogP contribution in [0.2, 0.25) is 0 Å². The first-order chi connectivity index (χ1) is 34.3. The molecule has 12 nitrogen and oxygen atoms in total. The quantitative estimate of drug-likeness (QED) is 0.0203. The second kappa shape index (κ2) is 43.9. The monoisotopic (exact) mass is 982 g/mol. The lowest BCUT2D eigenvalue weighted by Crippen LogP contribution is -2.37. The van der Waals surface area contributed by atoms with E-state index in [0.717, 1.165) is 110 Å². The van der Waals surface area contributed by atoms with E-state index in [1.54, 1.807) is 0 Å². The van der Waals surface area contributed by atoms with Gasteiger partial charge in [-0.3, -0.25) is 9.59 Å². The van der Waals surface area contributed by atoms with Gasteiger partial charge < -0.3 is 42.8 Å². The molecule has 1 aromatic rings. The van der Waals surface area contributed by atoms with Gasteiger partial charge in [-0.25, -0.2) is 4.79 Å². The van der Waals surface area contributed by atoms with Gasteiger partial charge in [0.1, 0.15) is 19.8 Å². The maximum atomic E-state index is 13.2. The first-order valence-electron chi connectivity index (χ1n) is 27.3. The highest BCUT2D eigenvalue weighted by atomic mass is 16.7. The number of likely N-dealkylation sites (tertiary alicyclic amines) is 1. The van der Waals surface area contributed by atoms with Gasteiger partial charge >= 0.3 is 18.1 Å². The molecule has 1 aliphatic heterocycles. The normalized spacial score (nSPS) is 14.6. The van der Waals surface area contributed by atoms with Crippen LogP contribution >= 0.6 is 0 Å². The van der Waals surface area contributed by atoms with Crippen LogP contribution in [0.15, 0.2) is 66.8 Å². The number of allylic oxidation sites excluding steroid dienone is 4. The number of piperidine rings is 1. The molecule has 1 atom stereocenters. The molecule has 1 aliphatic rings. The Kier molecular flexibility index (Phi) is 39.1. The van der Waals surface area contributed by atoms with Gasteiger partial charge in [-0.2, -0.15) is 0 Å². The van der Waals surface area contributed by atoms with E-state index in [1.807, 2.05) is 18.2 Å². The summed E-state index contributed by atoms with van der Waals surface area (Å²) in [4.78, 5) is 41.5. The zero-order valence-electron chi connectivity index (χ0n) is 44.4. The lowest BCUT2D eigenvalue weighted by molar-refractivity contribution is -0.158. The molecule has 0 radical (unpaired) electrons. The van der Waals surface area contributed by atoms with Crippen LogP contribution in [0.25, 0.3) is 0 Å². The average molecular weight is 982 g/mol. The molecule has 1 unspecified atom stereocenters. The number of benzene rings is 1. The number of carbonyl (C=O) groups excluding carboxylic acids is 3. The molecule has 398 valence electrons. The van der Waals surface area contributed by atoms with E-state index < -0.39 is 30.7 Å². The number of rotatable bonds is 43. The van der Waals surface area contributed by atoms with Gasteiger partial charge in [-0.1, -0.05) is 135 Å². The molecule has 1 fully saturated rings. The summed E-state index contributed by atoms with van der Waals surface area (Å²) in [6.45, 7) is 16.0. The molecule has 0 aromatic heterocycles. The Morgan fingerprint density at radius 2 is 0.900 bits per heavy atom. The molecule has 0 aliphatic carbocycles. The fraction of sp³-hybridized carbons (Fsp3) is 0.707. The van der Waals surface area contributed by atoms with Crippen LogP contribution in [0.1, 0.15) is 193 Å². The Balaban J connectivity index is 2.07. The summed E-state index contributed by atoms with van der Waals surface area (Å²) in [6, 6.07) is 5.47. The summed E-state index contributed by atoms with van der Waals surface area (Å²) in [7, 11) is 0. The van der Waals surface area contributed by atoms with E-state index >= 15 is 0 Å². The van der Waals surface area contributed by atoms with Gasteiger partial charge in [0.2, 0.25) is 0 Å². The van der Waals surface area contributed by atoms with Gasteiger partial charge in [0.15, 0.2) is 12.6 Å². The van der Waals surface area contributed by atoms with Crippen LogP contribution in [0.3, 0.4) is 0 Å². The second-order valence-electron chi connectivity index (χ2n) is 18.3. The molecule has 1 heterocycles. The fourth-order valence-electron chi connectivity index (χ4n) is 7.71. The molecule has 0 bridgehead atoms. The van der Waals surface area contributed by atoms with Gasteiger partial charge in [0, 0.05) is 25.3 Å². The van der Waals surface area contributed by atoms with Gasteiger partial charge in [-0.15, -0.1) is 0 Å². The predicted molar refractivity (Wildman–Crippen MR) is 280 cm³/mol. The van der Waals surface area contributed by atoms with Crippen LogP contribution in [0, 0.1) is 5.92 Å². The van der Waals surface area contributed by atoms with Crippen molar-refractivity contribution in [3.8, 4) is 0 Å². The van der Waals surface area contributed by atoms with E-state index in [1.165, 1.54) is 25.7 Å². The summed E-state index contributed by atoms with van der Waals surface area (Å²) in [6.07, 6.45) is 35.2. The summed E-state index contributed by atoms with van der Waals surface area (Å²) in [5.74, 6) is -0.511.